The van der Waals surface area contributed by atoms with E-state index in [4.69, 9.17) is 4.99 Å². The average molecular weight is 542 g/mol. The second-order valence-corrected chi connectivity index (χ2v) is 9.44. The number of carbonyl (C=O) groups excluding carboxylic acids is 1. The smallest absolute Gasteiger partial charge is 0.183 e. The first-order valence-electron chi connectivity index (χ1n) is 8.15. The van der Waals surface area contributed by atoms with Crippen molar-refractivity contribution in [2.45, 2.75) is 23.1 Å². The first-order valence-corrected chi connectivity index (χ1v) is 10.7. The lowest BCUT2D eigenvalue weighted by Crippen LogP contribution is -2.45. The fourth-order valence-corrected chi connectivity index (χ4v) is 6.52. The Balaban J connectivity index is 1.93. The number of hydrogen-bond acceptors (Lipinski definition) is 5. The van der Waals surface area contributed by atoms with Crippen molar-refractivity contribution >= 4 is 75.1 Å². The number of ketones is 1. The summed E-state index contributed by atoms with van der Waals surface area (Å²) in [5, 5.41) is 15.9. The molecule has 132 valence electrons. The van der Waals surface area contributed by atoms with Crippen LogP contribution in [0.2, 0.25) is 0 Å². The molecule has 5 rings (SSSR count). The summed E-state index contributed by atoms with van der Waals surface area (Å²) in [5.41, 5.74) is 2.62. The zero-order valence-electron chi connectivity index (χ0n) is 13.3. The van der Waals surface area contributed by atoms with E-state index in [9.17, 15) is 9.90 Å². The molecule has 8 heteroatoms. The minimum atomic E-state index is -0.537. The lowest BCUT2D eigenvalue weighted by atomic mass is 9.70. The fraction of sp³-hybridized carbons (Fsp3) is 0.278. The number of anilines is 1. The molecule has 0 saturated heterocycles. The molecule has 1 aromatic rings. The first-order chi connectivity index (χ1) is 12.4. The van der Waals surface area contributed by atoms with Crippen LogP contribution in [0.1, 0.15) is 18.4 Å². The summed E-state index contributed by atoms with van der Waals surface area (Å²) in [4.78, 5) is 21.3. The molecule has 3 aliphatic heterocycles. The summed E-state index contributed by atoms with van der Waals surface area (Å²) < 4.78 is 1.30. The minimum Gasteiger partial charge on any atom is -0.504 e. The third kappa shape index (κ3) is 2.09. The number of aliphatic imine (C=N–C) groups is 1. The summed E-state index contributed by atoms with van der Waals surface area (Å²) in [7, 11) is 0. The minimum absolute atomic E-state index is 0.0263. The van der Waals surface area contributed by atoms with Gasteiger partial charge in [0.05, 0.1) is 20.4 Å². The Kier molecular flexibility index (Phi) is 3.65. The molecule has 0 fully saturated rings. The van der Waals surface area contributed by atoms with E-state index in [1.165, 1.54) is 0 Å². The van der Waals surface area contributed by atoms with Crippen LogP contribution < -0.4 is 15.9 Å². The molecule has 5 nitrogen and oxygen atoms in total. The molecule has 1 spiro atoms. The van der Waals surface area contributed by atoms with Gasteiger partial charge in [0, 0.05) is 22.7 Å². The Morgan fingerprint density at radius 2 is 2.15 bits per heavy atom. The maximum Gasteiger partial charge on any atom is 0.183 e. The highest BCUT2D eigenvalue weighted by molar-refractivity contribution is 9.18. The molecule has 2 atom stereocenters. The number of fused-ring (bicyclic) bond motifs is 3. The highest BCUT2D eigenvalue weighted by Crippen LogP contribution is 2.49. The second-order valence-electron chi connectivity index (χ2n) is 6.73. The van der Waals surface area contributed by atoms with E-state index in [0.717, 1.165) is 32.8 Å². The fourth-order valence-electron chi connectivity index (χ4n) is 4.18. The van der Waals surface area contributed by atoms with E-state index in [0.29, 0.717) is 28.8 Å². The largest absolute Gasteiger partial charge is 0.504 e. The standard InChI is InChI=1S/C18H12Br3N3O2/c19-8-5-18(6-9(20)15(8)25)2-4-23-14-11(18)12-10-7(1-3-22-12)17(21)24-13(10)16(14)26/h2,4-5,9,23,26H,1,3,6H2. The van der Waals surface area contributed by atoms with Gasteiger partial charge in [-0.05, 0) is 56.5 Å². The molecule has 0 bridgehead atoms. The van der Waals surface area contributed by atoms with Gasteiger partial charge in [-0.15, -0.1) is 0 Å². The maximum absolute atomic E-state index is 12.3. The number of benzene rings is 1. The van der Waals surface area contributed by atoms with E-state index in [-0.39, 0.29) is 16.4 Å². The molecule has 0 aromatic heterocycles. The van der Waals surface area contributed by atoms with Crippen LogP contribution in [-0.2, 0) is 10.2 Å². The summed E-state index contributed by atoms with van der Waals surface area (Å²) in [6.45, 7) is 0.672. The summed E-state index contributed by atoms with van der Waals surface area (Å²) in [6.07, 6.45) is 7.13. The lowest BCUT2D eigenvalue weighted by molar-refractivity contribution is -0.114. The number of alkyl halides is 1. The van der Waals surface area contributed by atoms with E-state index in [2.05, 4.69) is 58.1 Å². The Hall–Kier alpha value is -1.25. The Morgan fingerprint density at radius 1 is 1.35 bits per heavy atom. The van der Waals surface area contributed by atoms with E-state index in [1.54, 1.807) is 0 Å². The lowest BCUT2D eigenvalue weighted by Gasteiger charge is -2.38. The van der Waals surface area contributed by atoms with Crippen molar-refractivity contribution < 1.29 is 9.90 Å². The number of hydrogen-bond donors (Lipinski definition) is 2. The zero-order chi connectivity index (χ0) is 18.2. The van der Waals surface area contributed by atoms with Gasteiger partial charge in [-0.3, -0.25) is 9.79 Å². The van der Waals surface area contributed by atoms with Crippen LogP contribution in [0, 0.1) is 0 Å². The highest BCUT2D eigenvalue weighted by Gasteiger charge is 2.44. The number of rotatable bonds is 0. The summed E-state index contributed by atoms with van der Waals surface area (Å²) in [5.74, 6) is 0.150. The maximum atomic E-state index is 12.3. The third-order valence-electron chi connectivity index (χ3n) is 5.31. The Bertz CT molecular complexity index is 1120. The number of nitrogens with one attached hydrogen (secondary N) is 1. The van der Waals surface area contributed by atoms with Gasteiger partial charge in [0.2, 0.25) is 0 Å². The number of phenolic OH excluding ortho intramolecular Hbond substituents is 1. The van der Waals surface area contributed by atoms with Crippen molar-refractivity contribution in [1.82, 2.24) is 0 Å². The quantitative estimate of drug-likeness (QED) is 0.391. The van der Waals surface area contributed by atoms with Gasteiger partial charge in [-0.2, -0.15) is 0 Å². The van der Waals surface area contributed by atoms with Crippen LogP contribution in [0.3, 0.4) is 0 Å². The Labute approximate surface area is 174 Å². The van der Waals surface area contributed by atoms with E-state index >= 15 is 0 Å². The number of halogens is 3. The molecule has 3 heterocycles. The number of nitrogens with zero attached hydrogens (tertiary/aromatic N) is 2. The monoisotopic (exact) mass is 539 g/mol. The second kappa shape index (κ2) is 5.62. The van der Waals surface area contributed by atoms with Crippen LogP contribution in [-0.4, -0.2) is 26.9 Å². The van der Waals surface area contributed by atoms with Gasteiger partial charge in [0.25, 0.3) is 0 Å². The topological polar surface area (TPSA) is 74.0 Å². The number of Topliss-reactive ketones (excluding diaryl/α,β-unsaturated/α-hetero) is 1. The highest BCUT2D eigenvalue weighted by atomic mass is 79.9. The summed E-state index contributed by atoms with van der Waals surface area (Å²) in [6, 6.07) is 0. The van der Waals surface area contributed by atoms with Crippen molar-refractivity contribution in [3.63, 3.8) is 0 Å². The van der Waals surface area contributed by atoms with Crippen molar-refractivity contribution in [2.24, 2.45) is 9.98 Å². The number of phenols is 1. The molecule has 1 aliphatic carbocycles. The first kappa shape index (κ1) is 16.9. The zero-order valence-corrected chi connectivity index (χ0v) is 18.1. The van der Waals surface area contributed by atoms with Crippen LogP contribution in [0.5, 0.6) is 5.75 Å². The van der Waals surface area contributed by atoms with Crippen molar-refractivity contribution in [2.75, 3.05) is 11.9 Å². The normalized spacial score (nSPS) is 28.2. The van der Waals surface area contributed by atoms with Crippen molar-refractivity contribution in [3.8, 4) is 5.75 Å². The molecule has 26 heavy (non-hydrogen) atoms. The molecule has 4 aliphatic rings. The number of carbonyl (C=O) groups is 1. The van der Waals surface area contributed by atoms with Crippen molar-refractivity contribution in [1.29, 1.82) is 0 Å². The predicted octanol–water partition coefficient (Wildman–Crippen LogP) is 3.20. The van der Waals surface area contributed by atoms with Crippen molar-refractivity contribution in [3.05, 3.63) is 39.0 Å². The molecular weight excluding hydrogens is 530 g/mol. The predicted molar refractivity (Wildman–Crippen MR) is 112 cm³/mol. The molecule has 2 unspecified atom stereocenters. The van der Waals surface area contributed by atoms with Crippen LogP contribution in [0.4, 0.5) is 11.4 Å². The number of allylic oxidation sites excluding steroid dienone is 3. The van der Waals surface area contributed by atoms with Gasteiger partial charge in [-0.25, -0.2) is 4.99 Å². The van der Waals surface area contributed by atoms with Crippen LogP contribution in [0.25, 0.3) is 5.57 Å². The SMILES string of the molecule is O=C1C(Br)=CC2(C=CNc3c(O)c4c5c(c32)=NCCC=5C(Br)=N4)CC1Br. The van der Waals surface area contributed by atoms with Crippen LogP contribution in [0.15, 0.2) is 32.8 Å². The molecule has 0 amide bonds. The number of aromatic hydroxyl groups is 1. The third-order valence-corrected chi connectivity index (χ3v) is 7.32. The van der Waals surface area contributed by atoms with Gasteiger partial charge < -0.3 is 10.4 Å². The van der Waals surface area contributed by atoms with Gasteiger partial charge in [0.1, 0.15) is 10.3 Å². The molecule has 1 aromatic carbocycles. The average Bonchev–Trinajstić information content (AvgIpc) is 2.96. The molecule has 0 saturated carbocycles. The van der Waals surface area contributed by atoms with Gasteiger partial charge in [-0.1, -0.05) is 28.1 Å². The molecule has 2 N–H and O–H groups in total. The van der Waals surface area contributed by atoms with Crippen LogP contribution >= 0.6 is 47.8 Å². The van der Waals surface area contributed by atoms with Gasteiger partial charge in [0.15, 0.2) is 11.5 Å². The van der Waals surface area contributed by atoms with E-state index in [1.807, 2.05) is 18.4 Å². The molecule has 0 radical (unpaired) electrons. The van der Waals surface area contributed by atoms with E-state index < -0.39 is 5.41 Å². The summed E-state index contributed by atoms with van der Waals surface area (Å²) >= 11 is 10.5. The Morgan fingerprint density at radius 3 is 2.92 bits per heavy atom. The molecular formula is C18H12Br3N3O2. The van der Waals surface area contributed by atoms with Gasteiger partial charge >= 0.3 is 0 Å².